The number of para-hydroxylation sites is 1. The number of carbonyl (C=O) groups excluding carboxylic acids is 2. The average Bonchev–Trinajstić information content (AvgIpc) is 2.93. The van der Waals surface area contributed by atoms with Crippen molar-refractivity contribution < 1.29 is 19.4 Å². The molecule has 1 aromatic carbocycles. The number of carbonyl (C=O) groups is 2. The quantitative estimate of drug-likeness (QED) is 0.756. The van der Waals surface area contributed by atoms with Crippen LogP contribution in [0.5, 0.6) is 11.6 Å². The van der Waals surface area contributed by atoms with Crippen LogP contribution >= 0.6 is 0 Å². The van der Waals surface area contributed by atoms with Gasteiger partial charge in [0, 0.05) is 25.1 Å². The van der Waals surface area contributed by atoms with E-state index >= 15 is 0 Å². The number of Topliss-reactive ketones (excluding diaryl/α,β-unsaturated/α-hetero) is 1. The van der Waals surface area contributed by atoms with E-state index in [1.165, 1.54) is 6.92 Å². The van der Waals surface area contributed by atoms with Crippen LogP contribution in [0, 0.1) is 0 Å². The van der Waals surface area contributed by atoms with Crippen LogP contribution in [0.4, 0.5) is 5.69 Å². The van der Waals surface area contributed by atoms with E-state index in [2.05, 4.69) is 10.3 Å². The van der Waals surface area contributed by atoms with Gasteiger partial charge in [0.05, 0.1) is 30.4 Å². The number of amides is 1. The first-order valence-corrected chi connectivity index (χ1v) is 9.14. The Bertz CT molecular complexity index is 891. The number of methoxy groups -OCH3 is 1. The van der Waals surface area contributed by atoms with Crippen molar-refractivity contribution in [3.8, 4) is 11.6 Å². The molecule has 0 bridgehead atoms. The number of nitrogens with zero attached hydrogens (tertiary/aromatic N) is 1. The van der Waals surface area contributed by atoms with Gasteiger partial charge in [0.25, 0.3) is 0 Å². The van der Waals surface area contributed by atoms with Crippen LogP contribution in [0.2, 0.25) is 0 Å². The van der Waals surface area contributed by atoms with Gasteiger partial charge in [0.2, 0.25) is 5.91 Å². The Morgan fingerprint density at radius 3 is 2.85 bits per heavy atom. The third-order valence-electron chi connectivity index (χ3n) is 5.54. The largest absolute Gasteiger partial charge is 0.496 e. The van der Waals surface area contributed by atoms with Gasteiger partial charge in [0.1, 0.15) is 11.8 Å². The number of anilines is 1. The number of hydrogen-bond donors (Lipinski definition) is 3. The summed E-state index contributed by atoms with van der Waals surface area (Å²) in [5.74, 6) is 0.404. The van der Waals surface area contributed by atoms with Crippen LogP contribution < -0.4 is 10.1 Å². The van der Waals surface area contributed by atoms with E-state index in [9.17, 15) is 14.7 Å². The highest BCUT2D eigenvalue weighted by Crippen LogP contribution is 2.46. The predicted molar refractivity (Wildman–Crippen MR) is 99.9 cm³/mol. The number of aromatic hydroxyl groups is 1. The minimum absolute atomic E-state index is 0.0225. The summed E-state index contributed by atoms with van der Waals surface area (Å²) in [5.41, 5.74) is 1.99. The molecule has 142 valence electrons. The highest BCUT2D eigenvalue weighted by atomic mass is 16.5. The lowest BCUT2D eigenvalue weighted by molar-refractivity contribution is -0.141. The minimum atomic E-state index is -0.635. The third kappa shape index (κ3) is 2.74. The number of H-pyrrole nitrogens is 1. The summed E-state index contributed by atoms with van der Waals surface area (Å²) >= 11 is 0. The summed E-state index contributed by atoms with van der Waals surface area (Å²) in [7, 11) is 1.57. The number of aromatic amines is 1. The van der Waals surface area contributed by atoms with Crippen molar-refractivity contribution in [3.63, 3.8) is 0 Å². The summed E-state index contributed by atoms with van der Waals surface area (Å²) in [6.07, 6.45) is 3.70. The van der Waals surface area contributed by atoms with Gasteiger partial charge < -0.3 is 25.0 Å². The van der Waals surface area contributed by atoms with Crippen LogP contribution in [0.3, 0.4) is 0 Å². The maximum atomic E-state index is 12.8. The van der Waals surface area contributed by atoms with E-state index in [0.717, 1.165) is 18.4 Å². The zero-order valence-electron chi connectivity index (χ0n) is 15.4. The van der Waals surface area contributed by atoms with Crippen molar-refractivity contribution in [3.05, 3.63) is 41.6 Å². The number of fused-ring (bicyclic) bond motifs is 2. The molecule has 2 aromatic rings. The van der Waals surface area contributed by atoms with Crippen molar-refractivity contribution in [1.29, 1.82) is 0 Å². The molecule has 0 saturated heterocycles. The molecule has 7 heteroatoms. The molecule has 2 heterocycles. The fraction of sp³-hybridized carbons (Fsp3) is 0.400. The Balaban J connectivity index is 1.98. The molecule has 1 aromatic heterocycles. The Morgan fingerprint density at radius 1 is 1.33 bits per heavy atom. The van der Waals surface area contributed by atoms with Gasteiger partial charge in [-0.15, -0.1) is 0 Å². The number of aromatic nitrogens is 1. The van der Waals surface area contributed by atoms with Gasteiger partial charge in [-0.1, -0.05) is 18.2 Å². The van der Waals surface area contributed by atoms with Gasteiger partial charge in [-0.2, -0.15) is 0 Å². The van der Waals surface area contributed by atoms with E-state index in [0.29, 0.717) is 23.4 Å². The Labute approximate surface area is 157 Å². The molecular formula is C20H23N3O4. The monoisotopic (exact) mass is 369 g/mol. The molecule has 2 aliphatic rings. The summed E-state index contributed by atoms with van der Waals surface area (Å²) < 4.78 is 5.53. The molecule has 1 saturated carbocycles. The molecular weight excluding hydrogens is 346 g/mol. The Morgan fingerprint density at radius 2 is 2.11 bits per heavy atom. The van der Waals surface area contributed by atoms with E-state index in [4.69, 9.17) is 4.74 Å². The van der Waals surface area contributed by atoms with E-state index in [-0.39, 0.29) is 23.6 Å². The lowest BCUT2D eigenvalue weighted by Crippen LogP contribution is -2.55. The van der Waals surface area contributed by atoms with Crippen molar-refractivity contribution in [2.45, 2.75) is 44.3 Å². The second-order valence-corrected chi connectivity index (χ2v) is 7.09. The molecule has 1 fully saturated rings. The van der Waals surface area contributed by atoms with Gasteiger partial charge in [-0.3, -0.25) is 9.59 Å². The molecule has 3 atom stereocenters. The normalized spacial score (nSPS) is 24.4. The molecule has 0 radical (unpaired) electrons. The van der Waals surface area contributed by atoms with Gasteiger partial charge in [0.15, 0.2) is 11.7 Å². The fourth-order valence-corrected chi connectivity index (χ4v) is 4.42. The summed E-state index contributed by atoms with van der Waals surface area (Å²) in [5, 5.41) is 13.9. The number of hydrogen-bond acceptors (Lipinski definition) is 5. The standard InChI is InChI=1S/C20H23N3O4/c1-11(24)23-18(12-6-3-4-9-16(12)27-2)17-14(10-21-20(17)26)22-13-7-5-8-15(25)19(13)23/h3-4,6,9-10,13,18-19,21-22,26H,5,7-8H2,1-2H3. The molecule has 27 heavy (non-hydrogen) atoms. The number of rotatable bonds is 2. The molecule has 4 rings (SSSR count). The zero-order valence-corrected chi connectivity index (χ0v) is 15.4. The molecule has 7 nitrogen and oxygen atoms in total. The SMILES string of the molecule is COc1ccccc1C1c2c(c[nH]c2O)NC2CCCC(=O)C2N1C(C)=O. The minimum Gasteiger partial charge on any atom is -0.496 e. The first kappa shape index (κ1) is 17.5. The first-order valence-electron chi connectivity index (χ1n) is 9.14. The predicted octanol–water partition coefficient (Wildman–Crippen LogP) is 2.58. The zero-order chi connectivity index (χ0) is 19.1. The van der Waals surface area contributed by atoms with Crippen LogP contribution in [0.15, 0.2) is 30.5 Å². The van der Waals surface area contributed by atoms with E-state index < -0.39 is 12.1 Å². The topological polar surface area (TPSA) is 94.7 Å². The van der Waals surface area contributed by atoms with E-state index in [1.54, 1.807) is 18.2 Å². The lowest BCUT2D eigenvalue weighted by Gasteiger charge is -2.40. The molecule has 3 unspecified atom stereocenters. The first-order chi connectivity index (χ1) is 13.0. The summed E-state index contributed by atoms with van der Waals surface area (Å²) in [4.78, 5) is 30.1. The maximum absolute atomic E-state index is 12.8. The van der Waals surface area contributed by atoms with Crippen molar-refractivity contribution in [2.24, 2.45) is 0 Å². The average molecular weight is 369 g/mol. The second kappa shape index (κ2) is 6.64. The Hall–Kier alpha value is -2.96. The van der Waals surface area contributed by atoms with Crippen LogP contribution in [-0.2, 0) is 9.59 Å². The van der Waals surface area contributed by atoms with Crippen LogP contribution in [0.1, 0.15) is 43.4 Å². The molecule has 0 spiro atoms. The molecule has 1 aliphatic carbocycles. The third-order valence-corrected chi connectivity index (χ3v) is 5.54. The number of benzene rings is 1. The van der Waals surface area contributed by atoms with Crippen molar-refractivity contribution >= 4 is 17.4 Å². The van der Waals surface area contributed by atoms with Crippen molar-refractivity contribution in [2.75, 3.05) is 12.4 Å². The highest BCUT2D eigenvalue weighted by molar-refractivity contribution is 5.91. The highest BCUT2D eigenvalue weighted by Gasteiger charge is 2.46. The van der Waals surface area contributed by atoms with E-state index in [1.807, 2.05) is 24.3 Å². The molecule has 1 aliphatic heterocycles. The fourth-order valence-electron chi connectivity index (χ4n) is 4.42. The van der Waals surface area contributed by atoms with Gasteiger partial charge >= 0.3 is 0 Å². The molecule has 1 amide bonds. The van der Waals surface area contributed by atoms with Crippen LogP contribution in [0.25, 0.3) is 0 Å². The van der Waals surface area contributed by atoms with Gasteiger partial charge in [-0.05, 0) is 18.9 Å². The smallest absolute Gasteiger partial charge is 0.220 e. The number of ketones is 1. The summed E-state index contributed by atoms with van der Waals surface area (Å²) in [6, 6.07) is 5.98. The Kier molecular flexibility index (Phi) is 4.30. The number of ether oxygens (including phenoxy) is 1. The van der Waals surface area contributed by atoms with Gasteiger partial charge in [-0.25, -0.2) is 0 Å². The van der Waals surface area contributed by atoms with Crippen LogP contribution in [-0.4, -0.2) is 45.9 Å². The molecule has 3 N–H and O–H groups in total. The van der Waals surface area contributed by atoms with Crippen molar-refractivity contribution in [1.82, 2.24) is 9.88 Å². The maximum Gasteiger partial charge on any atom is 0.220 e. The second-order valence-electron chi connectivity index (χ2n) is 7.09. The summed E-state index contributed by atoms with van der Waals surface area (Å²) in [6.45, 7) is 1.47. The lowest BCUT2D eigenvalue weighted by atomic mass is 9.86. The number of nitrogens with one attached hydrogen (secondary N) is 2.